The van der Waals surface area contributed by atoms with E-state index in [4.69, 9.17) is 11.6 Å². The number of hydrogen-bond donors (Lipinski definition) is 1. The maximum absolute atomic E-state index is 12.8. The molecule has 2 amide bonds. The number of nitrogens with zero attached hydrogens (tertiary/aromatic N) is 1. The Bertz CT molecular complexity index is 810. The summed E-state index contributed by atoms with van der Waals surface area (Å²) in [6.07, 6.45) is 1.99. The van der Waals surface area contributed by atoms with Crippen LogP contribution in [0, 0.1) is 0 Å². The lowest BCUT2D eigenvalue weighted by atomic mass is 10.2. The number of nitrogens with one attached hydrogen (secondary N) is 1. The lowest BCUT2D eigenvalue weighted by Gasteiger charge is -2.22. The number of benzene rings is 2. The summed E-state index contributed by atoms with van der Waals surface area (Å²) in [6, 6.07) is 14.8. The van der Waals surface area contributed by atoms with E-state index in [1.54, 1.807) is 24.3 Å². The molecule has 0 saturated heterocycles. The fourth-order valence-electron chi connectivity index (χ4n) is 3.03. The maximum Gasteiger partial charge on any atom is 0.251 e. The van der Waals surface area contributed by atoms with Crippen LogP contribution in [0.15, 0.2) is 53.4 Å². The Morgan fingerprint density at radius 3 is 2.70 bits per heavy atom. The average molecular weight is 403 g/mol. The van der Waals surface area contributed by atoms with E-state index in [-0.39, 0.29) is 11.8 Å². The van der Waals surface area contributed by atoms with Gasteiger partial charge in [0, 0.05) is 40.2 Å². The zero-order valence-electron chi connectivity index (χ0n) is 15.3. The molecule has 27 heavy (non-hydrogen) atoms. The van der Waals surface area contributed by atoms with E-state index < -0.39 is 0 Å². The van der Waals surface area contributed by atoms with Crippen molar-refractivity contribution in [3.05, 3.63) is 59.1 Å². The van der Waals surface area contributed by atoms with Crippen LogP contribution in [0.2, 0.25) is 5.02 Å². The minimum absolute atomic E-state index is 0.109. The Labute approximate surface area is 169 Å². The minimum Gasteiger partial charge on any atom is -0.352 e. The van der Waals surface area contributed by atoms with Gasteiger partial charge in [-0.3, -0.25) is 9.59 Å². The van der Waals surface area contributed by atoms with Crippen LogP contribution in [0.3, 0.4) is 0 Å². The van der Waals surface area contributed by atoms with Crippen LogP contribution in [0.5, 0.6) is 0 Å². The molecular formula is C21H23ClN2O2S. The standard InChI is InChI=1S/C21H23ClN2O2S/c1-15-12-14-24(18-5-2-3-6-19(18)27-15)20(25)7-4-13-23-21(26)16-8-10-17(22)11-9-16/h2-3,5-6,8-11,15H,4,7,12-14H2,1H3,(H,23,26). The summed E-state index contributed by atoms with van der Waals surface area (Å²) in [4.78, 5) is 27.9. The van der Waals surface area contributed by atoms with Crippen molar-refractivity contribution in [1.29, 1.82) is 0 Å². The van der Waals surface area contributed by atoms with Crippen molar-refractivity contribution in [2.24, 2.45) is 0 Å². The van der Waals surface area contributed by atoms with E-state index >= 15 is 0 Å². The molecule has 0 aromatic heterocycles. The number of carbonyl (C=O) groups excluding carboxylic acids is 2. The van der Waals surface area contributed by atoms with E-state index in [9.17, 15) is 9.59 Å². The first kappa shape index (κ1) is 19.8. The Morgan fingerprint density at radius 1 is 1.19 bits per heavy atom. The Morgan fingerprint density at radius 2 is 1.93 bits per heavy atom. The molecule has 4 nitrogen and oxygen atoms in total. The molecule has 2 aromatic carbocycles. The molecule has 1 unspecified atom stereocenters. The molecule has 0 fully saturated rings. The van der Waals surface area contributed by atoms with Gasteiger partial charge in [-0.05, 0) is 49.2 Å². The number of para-hydroxylation sites is 1. The van der Waals surface area contributed by atoms with Crippen molar-refractivity contribution in [3.8, 4) is 0 Å². The number of amides is 2. The zero-order valence-corrected chi connectivity index (χ0v) is 16.9. The van der Waals surface area contributed by atoms with Crippen molar-refractivity contribution >= 4 is 40.9 Å². The number of fused-ring (bicyclic) bond motifs is 1. The average Bonchev–Trinajstić information content (AvgIpc) is 2.83. The molecule has 3 rings (SSSR count). The molecule has 1 heterocycles. The van der Waals surface area contributed by atoms with Crippen molar-refractivity contribution in [2.45, 2.75) is 36.3 Å². The third-order valence-electron chi connectivity index (χ3n) is 4.50. The molecule has 1 aliphatic heterocycles. The predicted molar refractivity (Wildman–Crippen MR) is 112 cm³/mol. The fraction of sp³-hybridized carbons (Fsp3) is 0.333. The van der Waals surface area contributed by atoms with Gasteiger partial charge in [-0.2, -0.15) is 0 Å². The Balaban J connectivity index is 1.52. The lowest BCUT2D eigenvalue weighted by molar-refractivity contribution is -0.118. The molecule has 0 radical (unpaired) electrons. The summed E-state index contributed by atoms with van der Waals surface area (Å²) >= 11 is 7.66. The van der Waals surface area contributed by atoms with Gasteiger partial charge in [-0.15, -0.1) is 11.8 Å². The van der Waals surface area contributed by atoms with Crippen LogP contribution in [0.25, 0.3) is 0 Å². The van der Waals surface area contributed by atoms with E-state index in [0.29, 0.717) is 35.2 Å². The second kappa shape index (κ2) is 9.29. The summed E-state index contributed by atoms with van der Waals surface area (Å²) in [5.41, 5.74) is 1.57. The number of halogens is 1. The minimum atomic E-state index is -0.149. The highest BCUT2D eigenvalue weighted by Crippen LogP contribution is 2.37. The predicted octanol–water partition coefficient (Wildman–Crippen LogP) is 4.77. The normalized spacial score (nSPS) is 16.4. The maximum atomic E-state index is 12.8. The topological polar surface area (TPSA) is 49.4 Å². The molecule has 1 atom stereocenters. The van der Waals surface area contributed by atoms with Crippen molar-refractivity contribution in [2.75, 3.05) is 18.0 Å². The van der Waals surface area contributed by atoms with Crippen LogP contribution in [0.4, 0.5) is 5.69 Å². The fourth-order valence-corrected chi connectivity index (χ4v) is 4.26. The highest BCUT2D eigenvalue weighted by atomic mass is 35.5. The van der Waals surface area contributed by atoms with Gasteiger partial charge in [-0.25, -0.2) is 0 Å². The molecule has 1 aliphatic rings. The number of anilines is 1. The third-order valence-corrected chi connectivity index (χ3v) is 5.99. The molecular weight excluding hydrogens is 380 g/mol. The molecule has 0 aliphatic carbocycles. The van der Waals surface area contributed by atoms with E-state index in [2.05, 4.69) is 18.3 Å². The molecule has 0 saturated carbocycles. The summed E-state index contributed by atoms with van der Waals surface area (Å²) < 4.78 is 0. The Kier molecular flexibility index (Phi) is 6.80. The van der Waals surface area contributed by atoms with Crippen molar-refractivity contribution in [3.63, 3.8) is 0 Å². The largest absolute Gasteiger partial charge is 0.352 e. The summed E-state index contributed by atoms with van der Waals surface area (Å²) in [7, 11) is 0. The van der Waals surface area contributed by atoms with Crippen molar-refractivity contribution in [1.82, 2.24) is 5.32 Å². The number of rotatable bonds is 5. The summed E-state index contributed by atoms with van der Waals surface area (Å²) in [5.74, 6) is -0.0395. The molecule has 6 heteroatoms. The molecule has 1 N–H and O–H groups in total. The van der Waals surface area contributed by atoms with Gasteiger partial charge in [0.2, 0.25) is 5.91 Å². The summed E-state index contributed by atoms with van der Waals surface area (Å²) in [5, 5.41) is 3.95. The van der Waals surface area contributed by atoms with Gasteiger partial charge in [0.1, 0.15) is 0 Å². The Hall–Kier alpha value is -1.98. The van der Waals surface area contributed by atoms with Gasteiger partial charge >= 0.3 is 0 Å². The zero-order chi connectivity index (χ0) is 19.2. The van der Waals surface area contributed by atoms with Gasteiger partial charge in [-0.1, -0.05) is 30.7 Å². The van der Waals surface area contributed by atoms with E-state index in [1.165, 1.54) is 0 Å². The third kappa shape index (κ3) is 5.27. The monoisotopic (exact) mass is 402 g/mol. The lowest BCUT2D eigenvalue weighted by Crippen LogP contribution is -2.33. The second-order valence-corrected chi connectivity index (χ2v) is 8.51. The van der Waals surface area contributed by atoms with Gasteiger partial charge in [0.25, 0.3) is 5.91 Å². The van der Waals surface area contributed by atoms with Gasteiger partial charge in [0.15, 0.2) is 0 Å². The molecule has 2 aromatic rings. The van der Waals surface area contributed by atoms with E-state index in [0.717, 1.165) is 23.5 Å². The molecule has 142 valence electrons. The van der Waals surface area contributed by atoms with Crippen LogP contribution >= 0.6 is 23.4 Å². The number of hydrogen-bond acceptors (Lipinski definition) is 3. The van der Waals surface area contributed by atoms with Crippen LogP contribution in [-0.4, -0.2) is 30.2 Å². The van der Waals surface area contributed by atoms with Crippen LogP contribution < -0.4 is 10.2 Å². The quantitative estimate of drug-likeness (QED) is 0.733. The SMILES string of the molecule is CC1CCN(C(=O)CCCNC(=O)c2ccc(Cl)cc2)c2ccccc2S1. The molecule has 0 spiro atoms. The first-order valence-electron chi connectivity index (χ1n) is 9.14. The number of thioether (sulfide) groups is 1. The smallest absolute Gasteiger partial charge is 0.251 e. The first-order chi connectivity index (χ1) is 13.0. The van der Waals surface area contributed by atoms with Crippen molar-refractivity contribution < 1.29 is 9.59 Å². The molecule has 0 bridgehead atoms. The highest BCUT2D eigenvalue weighted by molar-refractivity contribution is 8.00. The van der Waals surface area contributed by atoms with Gasteiger partial charge in [0.05, 0.1) is 5.69 Å². The summed E-state index contributed by atoms with van der Waals surface area (Å²) in [6.45, 7) is 3.40. The van der Waals surface area contributed by atoms with Gasteiger partial charge < -0.3 is 10.2 Å². The van der Waals surface area contributed by atoms with E-state index in [1.807, 2.05) is 34.9 Å². The van der Waals surface area contributed by atoms with Crippen LogP contribution in [0.1, 0.15) is 36.5 Å². The second-order valence-electron chi connectivity index (χ2n) is 6.60. The van der Waals surface area contributed by atoms with Crippen LogP contribution in [-0.2, 0) is 4.79 Å². The first-order valence-corrected chi connectivity index (χ1v) is 10.4. The highest BCUT2D eigenvalue weighted by Gasteiger charge is 2.23. The number of carbonyl (C=O) groups is 2.